The van der Waals surface area contributed by atoms with Gasteiger partial charge < -0.3 is 33.8 Å². The van der Waals surface area contributed by atoms with Crippen molar-refractivity contribution in [3.05, 3.63) is 0 Å². The van der Waals surface area contributed by atoms with Crippen molar-refractivity contribution in [1.29, 1.82) is 0 Å². The van der Waals surface area contributed by atoms with Gasteiger partial charge in [0.15, 0.2) is 12.2 Å². The van der Waals surface area contributed by atoms with Crippen molar-refractivity contribution < 1.29 is 80.2 Å². The fourth-order valence-corrected chi connectivity index (χ4v) is 15.0. The molecule has 0 fully saturated rings. The van der Waals surface area contributed by atoms with Gasteiger partial charge in [0, 0.05) is 25.7 Å². The van der Waals surface area contributed by atoms with Gasteiger partial charge in [0.05, 0.1) is 26.4 Å². The van der Waals surface area contributed by atoms with Gasteiger partial charge in [-0.2, -0.15) is 0 Å². The second-order valence-electron chi connectivity index (χ2n) is 31.9. The Bertz CT molecular complexity index is 2010. The maximum atomic E-state index is 13.1. The Morgan fingerprint density at radius 2 is 0.438 bits per heavy atom. The molecule has 624 valence electrons. The highest BCUT2D eigenvalue weighted by Gasteiger charge is 2.30. The zero-order chi connectivity index (χ0) is 77.1. The SMILES string of the molecule is CCCCCCCCCCCCCCCCCCCCC(=O)OC[C@H](COP(=O)(O)OC[C@@H](O)COP(=O)(O)OC[C@@H](COC(=O)CCCCCCCCCCCCCCC)OC(=O)CCCCCCCCCCCCC(C)C)OC(=O)CCCCCCCCCCCCCCCCCCCCC(C)C. The van der Waals surface area contributed by atoms with Crippen molar-refractivity contribution in [3.63, 3.8) is 0 Å². The molecule has 0 heterocycles. The predicted molar refractivity (Wildman–Crippen MR) is 432 cm³/mol. The van der Waals surface area contributed by atoms with Gasteiger partial charge in [-0.1, -0.05) is 408 Å². The summed E-state index contributed by atoms with van der Waals surface area (Å²) < 4.78 is 68.9. The van der Waals surface area contributed by atoms with Crippen LogP contribution in [-0.2, 0) is 65.4 Å². The van der Waals surface area contributed by atoms with E-state index in [2.05, 4.69) is 41.5 Å². The number of phosphoric acid groups is 2. The Balaban J connectivity index is 5.24. The van der Waals surface area contributed by atoms with Gasteiger partial charge in [-0.15, -0.1) is 0 Å². The fourth-order valence-electron chi connectivity index (χ4n) is 13.4. The molecule has 105 heavy (non-hydrogen) atoms. The van der Waals surface area contributed by atoms with E-state index < -0.39 is 97.5 Å². The second-order valence-corrected chi connectivity index (χ2v) is 34.8. The van der Waals surface area contributed by atoms with Crippen LogP contribution in [0.2, 0.25) is 0 Å². The lowest BCUT2D eigenvalue weighted by Gasteiger charge is -2.21. The minimum absolute atomic E-state index is 0.107. The van der Waals surface area contributed by atoms with Gasteiger partial charge in [0.1, 0.15) is 19.3 Å². The molecule has 0 aromatic rings. The van der Waals surface area contributed by atoms with Crippen LogP contribution in [0.15, 0.2) is 0 Å². The highest BCUT2D eigenvalue weighted by Crippen LogP contribution is 2.45. The van der Waals surface area contributed by atoms with E-state index in [9.17, 15) is 43.2 Å². The number of rotatable bonds is 85. The summed E-state index contributed by atoms with van der Waals surface area (Å²) in [6, 6.07) is 0. The first-order valence-corrected chi connectivity index (χ1v) is 47.5. The lowest BCUT2D eigenvalue weighted by atomic mass is 10.0. The Morgan fingerprint density at radius 1 is 0.257 bits per heavy atom. The van der Waals surface area contributed by atoms with Crippen LogP contribution in [0.25, 0.3) is 0 Å². The summed E-state index contributed by atoms with van der Waals surface area (Å²) in [5.41, 5.74) is 0. The van der Waals surface area contributed by atoms with Crippen LogP contribution in [-0.4, -0.2) is 96.7 Å². The smallest absolute Gasteiger partial charge is 0.462 e. The summed E-state index contributed by atoms with van der Waals surface area (Å²) >= 11 is 0. The molecule has 5 atom stereocenters. The zero-order valence-electron chi connectivity index (χ0n) is 69.0. The Labute approximate surface area is 645 Å². The van der Waals surface area contributed by atoms with Gasteiger partial charge >= 0.3 is 39.5 Å². The first kappa shape index (κ1) is 103. The number of carbonyl (C=O) groups excluding carboxylic acids is 4. The van der Waals surface area contributed by atoms with Crippen molar-refractivity contribution in [2.75, 3.05) is 39.6 Å². The number of phosphoric ester groups is 2. The van der Waals surface area contributed by atoms with E-state index in [1.165, 1.54) is 276 Å². The quantitative estimate of drug-likeness (QED) is 0.0222. The van der Waals surface area contributed by atoms with Crippen molar-refractivity contribution in [1.82, 2.24) is 0 Å². The van der Waals surface area contributed by atoms with E-state index in [4.69, 9.17) is 37.0 Å². The van der Waals surface area contributed by atoms with Gasteiger partial charge in [-0.3, -0.25) is 37.3 Å². The van der Waals surface area contributed by atoms with E-state index in [0.717, 1.165) is 102 Å². The molecule has 0 bridgehead atoms. The maximum Gasteiger partial charge on any atom is 0.472 e. The van der Waals surface area contributed by atoms with Crippen LogP contribution >= 0.6 is 15.6 Å². The number of aliphatic hydroxyl groups is 1. The molecular weight excluding hydrogens is 1370 g/mol. The number of esters is 4. The van der Waals surface area contributed by atoms with Crippen LogP contribution in [0.3, 0.4) is 0 Å². The molecular formula is C86H168O17P2. The first-order valence-electron chi connectivity index (χ1n) is 44.5. The van der Waals surface area contributed by atoms with Crippen LogP contribution in [0.4, 0.5) is 0 Å². The number of ether oxygens (including phenoxy) is 4. The summed E-state index contributed by atoms with van der Waals surface area (Å²) in [6.45, 7) is 9.70. The lowest BCUT2D eigenvalue weighted by Crippen LogP contribution is -2.30. The number of carbonyl (C=O) groups is 4. The number of hydrogen-bond acceptors (Lipinski definition) is 15. The van der Waals surface area contributed by atoms with Crippen LogP contribution < -0.4 is 0 Å². The maximum absolute atomic E-state index is 13.1. The Kier molecular flexibility index (Phi) is 76.0. The molecule has 0 spiro atoms. The predicted octanol–water partition coefficient (Wildman–Crippen LogP) is 26.2. The third kappa shape index (κ3) is 79.9. The summed E-state index contributed by atoms with van der Waals surface area (Å²) in [7, 11) is -9.93. The zero-order valence-corrected chi connectivity index (χ0v) is 70.8. The van der Waals surface area contributed by atoms with E-state index in [-0.39, 0.29) is 25.7 Å². The molecule has 0 amide bonds. The topological polar surface area (TPSA) is 237 Å². The minimum atomic E-state index is -4.97. The van der Waals surface area contributed by atoms with E-state index in [1.54, 1.807) is 0 Å². The average molecular weight is 1540 g/mol. The fraction of sp³-hybridized carbons (Fsp3) is 0.953. The molecule has 3 N–H and O–H groups in total. The second kappa shape index (κ2) is 77.4. The van der Waals surface area contributed by atoms with Gasteiger partial charge in [0.2, 0.25) is 0 Å². The Hall–Kier alpha value is -1.94. The summed E-state index contributed by atoms with van der Waals surface area (Å²) in [4.78, 5) is 73.2. The number of unbranched alkanes of at least 4 members (excludes halogenated alkanes) is 55. The van der Waals surface area contributed by atoms with Gasteiger partial charge in [-0.05, 0) is 37.5 Å². The number of aliphatic hydroxyl groups excluding tert-OH is 1. The monoisotopic (exact) mass is 1540 g/mol. The van der Waals surface area contributed by atoms with Gasteiger partial charge in [-0.25, -0.2) is 9.13 Å². The molecule has 0 aromatic heterocycles. The molecule has 19 heteroatoms. The van der Waals surface area contributed by atoms with Crippen molar-refractivity contribution >= 4 is 39.5 Å². The van der Waals surface area contributed by atoms with Gasteiger partial charge in [0.25, 0.3) is 0 Å². The van der Waals surface area contributed by atoms with Crippen molar-refractivity contribution in [2.24, 2.45) is 11.8 Å². The van der Waals surface area contributed by atoms with Crippen molar-refractivity contribution in [3.8, 4) is 0 Å². The third-order valence-electron chi connectivity index (χ3n) is 20.2. The molecule has 0 saturated carbocycles. The molecule has 0 saturated heterocycles. The largest absolute Gasteiger partial charge is 0.472 e. The summed E-state index contributed by atoms with van der Waals surface area (Å²) in [5, 5.41) is 10.7. The van der Waals surface area contributed by atoms with E-state index >= 15 is 0 Å². The van der Waals surface area contributed by atoms with E-state index in [0.29, 0.717) is 25.7 Å². The average Bonchev–Trinajstić information content (AvgIpc) is 0.906. The molecule has 0 aliphatic rings. The molecule has 0 aromatic carbocycles. The van der Waals surface area contributed by atoms with Crippen LogP contribution in [0, 0.1) is 11.8 Å². The van der Waals surface area contributed by atoms with Crippen LogP contribution in [0.1, 0.15) is 459 Å². The number of hydrogen-bond donors (Lipinski definition) is 3. The molecule has 17 nitrogen and oxygen atoms in total. The highest BCUT2D eigenvalue weighted by molar-refractivity contribution is 7.47. The summed E-state index contributed by atoms with van der Waals surface area (Å²) in [5.74, 6) is -0.528. The standard InChI is InChI=1S/C86H168O17P2/c1-7-9-11-13-15-17-19-21-22-23-27-30-34-38-45-51-57-63-69-84(89)97-74-81(102-85(90)70-64-58-52-46-39-35-31-28-25-24-26-29-33-36-42-48-54-60-66-78(3)4)76-100-104(92,93)98-72-80(87)73-99-105(94,95)101-77-82(103-86(91)71-65-59-53-47-41-40-43-49-55-61-67-79(5)6)75-96-83(88)68-62-56-50-44-37-32-20-18-16-14-12-10-8-2/h78-82,87H,7-77H2,1-6H3,(H,92,93)(H,94,95)/t80-,81-,82-/m1/s1. The van der Waals surface area contributed by atoms with E-state index in [1.807, 2.05) is 0 Å². The molecule has 2 unspecified atom stereocenters. The third-order valence-corrected chi connectivity index (χ3v) is 22.1. The van der Waals surface area contributed by atoms with Crippen LogP contribution in [0.5, 0.6) is 0 Å². The normalized spacial score (nSPS) is 13.8. The molecule has 0 aliphatic carbocycles. The lowest BCUT2D eigenvalue weighted by molar-refractivity contribution is -0.161. The first-order chi connectivity index (χ1) is 50.9. The molecule has 0 rings (SSSR count). The summed E-state index contributed by atoms with van der Waals surface area (Å²) in [6.07, 6.45) is 69.4. The molecule has 0 aliphatic heterocycles. The minimum Gasteiger partial charge on any atom is -0.462 e. The molecule has 0 radical (unpaired) electrons. The highest BCUT2D eigenvalue weighted by atomic mass is 31.2. The van der Waals surface area contributed by atoms with Crippen molar-refractivity contribution in [2.45, 2.75) is 477 Å². The Morgan fingerprint density at radius 3 is 0.648 bits per heavy atom.